The number of amides is 1. The molecular weight excluding hydrogens is 286 g/mol. The third-order valence-electron chi connectivity index (χ3n) is 2.92. The van der Waals surface area contributed by atoms with Crippen molar-refractivity contribution in [2.75, 3.05) is 5.32 Å². The smallest absolute Gasteiger partial charge is 0.247 e. The summed E-state index contributed by atoms with van der Waals surface area (Å²) < 4.78 is 24.9. The number of hydrogen-bond acceptors (Lipinski definition) is 3. The van der Waals surface area contributed by atoms with E-state index in [4.69, 9.17) is 0 Å². The van der Waals surface area contributed by atoms with Crippen LogP contribution in [0.4, 0.5) is 5.69 Å². The molecule has 0 aliphatic heterocycles. The van der Waals surface area contributed by atoms with Gasteiger partial charge in [-0.25, -0.2) is 8.42 Å². The van der Waals surface area contributed by atoms with E-state index in [0.717, 1.165) is 6.08 Å². The SMILES string of the molecule is C=CC(C(=O)Nc1ccccc1)S(=O)(=O)c1ccccc1. The Kier molecular flexibility index (Phi) is 4.55. The molecule has 0 aliphatic carbocycles. The summed E-state index contributed by atoms with van der Waals surface area (Å²) in [4.78, 5) is 12.3. The van der Waals surface area contributed by atoms with Gasteiger partial charge < -0.3 is 5.32 Å². The maximum Gasteiger partial charge on any atom is 0.247 e. The van der Waals surface area contributed by atoms with Crippen molar-refractivity contribution in [3.8, 4) is 0 Å². The van der Waals surface area contributed by atoms with E-state index in [-0.39, 0.29) is 4.90 Å². The van der Waals surface area contributed by atoms with Crippen molar-refractivity contribution in [1.82, 2.24) is 0 Å². The van der Waals surface area contributed by atoms with E-state index in [0.29, 0.717) is 5.69 Å². The number of anilines is 1. The van der Waals surface area contributed by atoms with Crippen LogP contribution < -0.4 is 5.32 Å². The molecule has 108 valence electrons. The third kappa shape index (κ3) is 3.38. The minimum absolute atomic E-state index is 0.0955. The van der Waals surface area contributed by atoms with Gasteiger partial charge in [-0.2, -0.15) is 0 Å². The Labute approximate surface area is 124 Å². The fourth-order valence-electron chi connectivity index (χ4n) is 1.87. The van der Waals surface area contributed by atoms with Crippen molar-refractivity contribution in [2.24, 2.45) is 0 Å². The van der Waals surface area contributed by atoms with Gasteiger partial charge in [0.1, 0.15) is 0 Å². The summed E-state index contributed by atoms with van der Waals surface area (Å²) in [5.74, 6) is -0.625. The second-order valence-electron chi connectivity index (χ2n) is 4.37. The number of sulfone groups is 1. The molecule has 0 spiro atoms. The predicted molar refractivity (Wildman–Crippen MR) is 82.7 cm³/mol. The quantitative estimate of drug-likeness (QED) is 0.864. The second kappa shape index (κ2) is 6.37. The lowest BCUT2D eigenvalue weighted by molar-refractivity contribution is -0.115. The van der Waals surface area contributed by atoms with Gasteiger partial charge in [0.2, 0.25) is 5.91 Å². The molecule has 0 bridgehead atoms. The highest BCUT2D eigenvalue weighted by atomic mass is 32.2. The first kappa shape index (κ1) is 15.0. The van der Waals surface area contributed by atoms with E-state index in [1.807, 2.05) is 0 Å². The van der Waals surface area contributed by atoms with E-state index in [9.17, 15) is 13.2 Å². The van der Waals surface area contributed by atoms with Crippen molar-refractivity contribution in [3.05, 3.63) is 73.3 Å². The molecule has 21 heavy (non-hydrogen) atoms. The van der Waals surface area contributed by atoms with Crippen LogP contribution in [-0.4, -0.2) is 19.6 Å². The molecular formula is C16H15NO3S. The van der Waals surface area contributed by atoms with Crippen LogP contribution in [-0.2, 0) is 14.6 Å². The summed E-state index contributed by atoms with van der Waals surface area (Å²) in [7, 11) is -3.80. The Morgan fingerprint density at radius 2 is 1.52 bits per heavy atom. The molecule has 0 saturated heterocycles. The molecule has 0 aromatic heterocycles. The van der Waals surface area contributed by atoms with Gasteiger partial charge in [-0.15, -0.1) is 6.58 Å². The molecule has 2 aromatic rings. The first-order valence-corrected chi connectivity index (χ1v) is 7.88. The van der Waals surface area contributed by atoms with Crippen molar-refractivity contribution in [3.63, 3.8) is 0 Å². The Morgan fingerprint density at radius 1 is 1.00 bits per heavy atom. The monoisotopic (exact) mass is 301 g/mol. The molecule has 0 aliphatic rings. The highest BCUT2D eigenvalue weighted by Gasteiger charge is 2.31. The highest BCUT2D eigenvalue weighted by molar-refractivity contribution is 7.93. The maximum atomic E-state index is 12.5. The van der Waals surface area contributed by atoms with Gasteiger partial charge in [0.15, 0.2) is 15.1 Å². The minimum atomic E-state index is -3.80. The second-order valence-corrected chi connectivity index (χ2v) is 6.44. The number of benzene rings is 2. The molecule has 2 aromatic carbocycles. The van der Waals surface area contributed by atoms with Gasteiger partial charge in [0, 0.05) is 5.69 Å². The van der Waals surface area contributed by atoms with Crippen molar-refractivity contribution >= 4 is 21.4 Å². The van der Waals surface area contributed by atoms with Crippen LogP contribution in [0.1, 0.15) is 0 Å². The number of carbonyl (C=O) groups is 1. The molecule has 0 heterocycles. The first-order valence-electron chi connectivity index (χ1n) is 6.33. The van der Waals surface area contributed by atoms with Gasteiger partial charge in [0.05, 0.1) is 4.90 Å². The largest absolute Gasteiger partial charge is 0.325 e. The van der Waals surface area contributed by atoms with Gasteiger partial charge in [-0.3, -0.25) is 4.79 Å². The van der Waals surface area contributed by atoms with Gasteiger partial charge in [-0.05, 0) is 24.3 Å². The van der Waals surface area contributed by atoms with Gasteiger partial charge in [-0.1, -0.05) is 42.5 Å². The fourth-order valence-corrected chi connectivity index (χ4v) is 3.29. The number of para-hydroxylation sites is 1. The first-order chi connectivity index (χ1) is 10.1. The van der Waals surface area contributed by atoms with E-state index < -0.39 is 21.0 Å². The minimum Gasteiger partial charge on any atom is -0.325 e. The standard InChI is InChI=1S/C16H15NO3S/c1-2-15(16(18)17-13-9-5-3-6-10-13)21(19,20)14-11-7-4-8-12-14/h2-12,15H,1H2,(H,17,18). The predicted octanol–water partition coefficient (Wildman–Crippen LogP) is 2.65. The molecule has 1 unspecified atom stereocenters. The topological polar surface area (TPSA) is 63.2 Å². The van der Waals surface area contributed by atoms with Crippen LogP contribution in [0.25, 0.3) is 0 Å². The van der Waals surface area contributed by atoms with Crippen LogP contribution in [0.15, 0.2) is 78.2 Å². The summed E-state index contributed by atoms with van der Waals surface area (Å²) in [5, 5.41) is 1.25. The molecule has 0 saturated carbocycles. The molecule has 4 nitrogen and oxygen atoms in total. The lowest BCUT2D eigenvalue weighted by atomic mass is 10.3. The van der Waals surface area contributed by atoms with E-state index >= 15 is 0 Å². The maximum absolute atomic E-state index is 12.5. The number of hydrogen-bond donors (Lipinski definition) is 1. The Morgan fingerprint density at radius 3 is 2.05 bits per heavy atom. The Balaban J connectivity index is 2.27. The molecule has 1 amide bonds. The molecule has 5 heteroatoms. The summed E-state index contributed by atoms with van der Waals surface area (Å²) in [6.45, 7) is 3.48. The molecule has 0 radical (unpaired) electrons. The van der Waals surface area contributed by atoms with E-state index in [1.165, 1.54) is 12.1 Å². The zero-order chi connectivity index (χ0) is 15.3. The zero-order valence-corrected chi connectivity index (χ0v) is 12.1. The van der Waals surface area contributed by atoms with Crippen LogP contribution in [0.2, 0.25) is 0 Å². The summed E-state index contributed by atoms with van der Waals surface area (Å²) in [6.07, 6.45) is 1.14. The lowest BCUT2D eigenvalue weighted by Crippen LogP contribution is -2.33. The van der Waals surface area contributed by atoms with Crippen LogP contribution in [0.5, 0.6) is 0 Å². The number of rotatable bonds is 5. The molecule has 2 rings (SSSR count). The third-order valence-corrected chi connectivity index (χ3v) is 4.92. The summed E-state index contributed by atoms with van der Waals surface area (Å²) in [6, 6.07) is 16.6. The summed E-state index contributed by atoms with van der Waals surface area (Å²) in [5.41, 5.74) is 0.539. The lowest BCUT2D eigenvalue weighted by Gasteiger charge is -2.14. The average Bonchev–Trinajstić information content (AvgIpc) is 2.49. The molecule has 0 fully saturated rings. The van der Waals surface area contributed by atoms with Crippen LogP contribution >= 0.6 is 0 Å². The van der Waals surface area contributed by atoms with Gasteiger partial charge >= 0.3 is 0 Å². The zero-order valence-electron chi connectivity index (χ0n) is 11.3. The van der Waals surface area contributed by atoms with Crippen molar-refractivity contribution in [1.29, 1.82) is 0 Å². The summed E-state index contributed by atoms with van der Waals surface area (Å²) >= 11 is 0. The Hall–Kier alpha value is -2.40. The van der Waals surface area contributed by atoms with Crippen LogP contribution in [0, 0.1) is 0 Å². The number of nitrogens with one attached hydrogen (secondary N) is 1. The van der Waals surface area contributed by atoms with Crippen LogP contribution in [0.3, 0.4) is 0 Å². The van der Waals surface area contributed by atoms with E-state index in [1.54, 1.807) is 48.5 Å². The van der Waals surface area contributed by atoms with Crippen molar-refractivity contribution < 1.29 is 13.2 Å². The molecule has 1 atom stereocenters. The number of carbonyl (C=O) groups excluding carboxylic acids is 1. The Bertz CT molecular complexity index is 725. The fraction of sp³-hybridized carbons (Fsp3) is 0.0625. The normalized spacial score (nSPS) is 12.4. The van der Waals surface area contributed by atoms with Crippen molar-refractivity contribution in [2.45, 2.75) is 10.1 Å². The average molecular weight is 301 g/mol. The van der Waals surface area contributed by atoms with Gasteiger partial charge in [0.25, 0.3) is 0 Å². The molecule has 1 N–H and O–H groups in total. The van der Waals surface area contributed by atoms with E-state index in [2.05, 4.69) is 11.9 Å². The highest BCUT2D eigenvalue weighted by Crippen LogP contribution is 2.18.